The van der Waals surface area contributed by atoms with E-state index in [2.05, 4.69) is 25.5 Å². The standard InChI is InChI=1S/C28H24F3N5O4/c1-15-19(16(2)37)6-7-21-20(15)8-9-22(21)35-27(39)24-13-23(34-25-10-11-33-36(24)25)26(38)32-14-17-4-3-5-18(12-17)40-28(29,30)31/h3-7,10-13,22H,8-9,14H2,1-2H3,(H,32,38)(H,35,39)/t22-/m0/s1. The molecule has 0 bridgehead atoms. The molecule has 1 aliphatic carbocycles. The van der Waals surface area contributed by atoms with Crippen LogP contribution in [0.5, 0.6) is 5.75 Å². The Morgan fingerprint density at radius 3 is 2.65 bits per heavy atom. The number of hydrogen-bond acceptors (Lipinski definition) is 6. The number of fused-ring (bicyclic) bond motifs is 2. The van der Waals surface area contributed by atoms with E-state index in [-0.39, 0.29) is 35.4 Å². The number of rotatable bonds is 7. The second-order valence-electron chi connectivity index (χ2n) is 9.43. The van der Waals surface area contributed by atoms with Gasteiger partial charge in [-0.2, -0.15) is 5.10 Å². The Morgan fingerprint density at radius 2 is 1.90 bits per heavy atom. The first-order valence-corrected chi connectivity index (χ1v) is 12.4. The van der Waals surface area contributed by atoms with Crippen molar-refractivity contribution in [3.8, 4) is 5.75 Å². The molecule has 2 heterocycles. The van der Waals surface area contributed by atoms with Crippen LogP contribution in [-0.4, -0.2) is 38.6 Å². The third kappa shape index (κ3) is 5.51. The molecule has 0 saturated carbocycles. The van der Waals surface area contributed by atoms with Crippen LogP contribution < -0.4 is 15.4 Å². The molecular formula is C28H24F3N5O4. The Hall–Kier alpha value is -4.74. The van der Waals surface area contributed by atoms with Crippen LogP contribution in [0.1, 0.15) is 73.0 Å². The highest BCUT2D eigenvalue weighted by Crippen LogP contribution is 2.35. The van der Waals surface area contributed by atoms with Crippen molar-refractivity contribution in [3.05, 3.63) is 93.9 Å². The quantitative estimate of drug-likeness (QED) is 0.327. The van der Waals surface area contributed by atoms with Crippen LogP contribution >= 0.6 is 0 Å². The van der Waals surface area contributed by atoms with Crippen molar-refractivity contribution in [1.82, 2.24) is 25.2 Å². The maximum absolute atomic E-state index is 13.4. The number of halogens is 3. The lowest BCUT2D eigenvalue weighted by Gasteiger charge is -2.16. The first-order valence-electron chi connectivity index (χ1n) is 12.4. The predicted octanol–water partition coefficient (Wildman–Crippen LogP) is 4.49. The van der Waals surface area contributed by atoms with Gasteiger partial charge >= 0.3 is 6.36 Å². The van der Waals surface area contributed by atoms with E-state index in [1.54, 1.807) is 12.1 Å². The molecule has 0 saturated heterocycles. The molecule has 2 amide bonds. The number of ketones is 1. The van der Waals surface area contributed by atoms with Crippen LogP contribution in [0.2, 0.25) is 0 Å². The van der Waals surface area contributed by atoms with Crippen LogP contribution in [0.15, 0.2) is 54.7 Å². The summed E-state index contributed by atoms with van der Waals surface area (Å²) in [5.41, 5.74) is 4.23. The monoisotopic (exact) mass is 551 g/mol. The fourth-order valence-corrected chi connectivity index (χ4v) is 4.96. The number of amides is 2. The van der Waals surface area contributed by atoms with Crippen LogP contribution in [0.4, 0.5) is 13.2 Å². The summed E-state index contributed by atoms with van der Waals surface area (Å²) in [6.45, 7) is 3.33. The molecule has 2 aromatic heterocycles. The molecule has 206 valence electrons. The molecule has 40 heavy (non-hydrogen) atoms. The molecule has 0 radical (unpaired) electrons. The zero-order valence-corrected chi connectivity index (χ0v) is 21.5. The van der Waals surface area contributed by atoms with Crippen LogP contribution in [-0.2, 0) is 13.0 Å². The lowest BCUT2D eigenvalue weighted by molar-refractivity contribution is -0.274. The minimum Gasteiger partial charge on any atom is -0.406 e. The lowest BCUT2D eigenvalue weighted by atomic mass is 9.96. The van der Waals surface area contributed by atoms with Gasteiger partial charge in [-0.1, -0.05) is 24.3 Å². The maximum atomic E-state index is 13.4. The van der Waals surface area contributed by atoms with Crippen LogP contribution in [0.25, 0.3) is 5.65 Å². The number of ether oxygens (including phenoxy) is 1. The third-order valence-corrected chi connectivity index (χ3v) is 6.79. The van der Waals surface area contributed by atoms with Gasteiger partial charge in [-0.15, -0.1) is 13.2 Å². The Labute approximate surface area is 226 Å². The van der Waals surface area contributed by atoms with E-state index in [1.165, 1.54) is 41.9 Å². The Kier molecular flexibility index (Phi) is 7.01. The van der Waals surface area contributed by atoms with E-state index in [1.807, 2.05) is 13.0 Å². The van der Waals surface area contributed by atoms with Gasteiger partial charge in [0.2, 0.25) is 0 Å². The maximum Gasteiger partial charge on any atom is 0.573 e. The smallest absolute Gasteiger partial charge is 0.406 e. The van der Waals surface area contributed by atoms with E-state index >= 15 is 0 Å². The number of carbonyl (C=O) groups is 3. The van der Waals surface area contributed by atoms with Gasteiger partial charge in [-0.3, -0.25) is 14.4 Å². The molecular weight excluding hydrogens is 527 g/mol. The van der Waals surface area contributed by atoms with Gasteiger partial charge in [0.05, 0.1) is 12.2 Å². The highest BCUT2D eigenvalue weighted by Gasteiger charge is 2.31. The van der Waals surface area contributed by atoms with Gasteiger partial charge in [0, 0.05) is 24.2 Å². The van der Waals surface area contributed by atoms with Crippen LogP contribution in [0, 0.1) is 6.92 Å². The number of benzene rings is 2. The zero-order valence-electron chi connectivity index (χ0n) is 21.5. The molecule has 9 nitrogen and oxygen atoms in total. The molecule has 0 spiro atoms. The molecule has 0 unspecified atom stereocenters. The normalized spacial score (nSPS) is 14.6. The average Bonchev–Trinajstić information content (AvgIpc) is 3.53. The summed E-state index contributed by atoms with van der Waals surface area (Å²) in [5.74, 6) is -1.51. The number of alkyl halides is 3. The second-order valence-corrected chi connectivity index (χ2v) is 9.43. The first-order chi connectivity index (χ1) is 19.0. The number of carbonyl (C=O) groups excluding carboxylic acids is 3. The molecule has 2 aromatic carbocycles. The Morgan fingerprint density at radius 1 is 1.10 bits per heavy atom. The van der Waals surface area contributed by atoms with Gasteiger partial charge in [0.25, 0.3) is 11.8 Å². The van der Waals surface area contributed by atoms with Gasteiger partial charge in [-0.05, 0) is 61.1 Å². The summed E-state index contributed by atoms with van der Waals surface area (Å²) in [7, 11) is 0. The highest BCUT2D eigenvalue weighted by molar-refractivity contribution is 5.99. The molecule has 5 rings (SSSR count). The summed E-state index contributed by atoms with van der Waals surface area (Å²) in [6.07, 6.45) is -2.02. The Bertz CT molecular complexity index is 1650. The Balaban J connectivity index is 1.34. The molecule has 4 aromatic rings. The van der Waals surface area contributed by atoms with E-state index in [9.17, 15) is 27.6 Å². The second kappa shape index (κ2) is 10.4. The van der Waals surface area contributed by atoms with Crippen molar-refractivity contribution in [2.24, 2.45) is 0 Å². The summed E-state index contributed by atoms with van der Waals surface area (Å²) in [6, 6.07) is 11.4. The van der Waals surface area contributed by atoms with Gasteiger partial charge in [0.15, 0.2) is 11.4 Å². The van der Waals surface area contributed by atoms with E-state index in [0.717, 1.165) is 22.8 Å². The number of nitrogens with one attached hydrogen (secondary N) is 2. The zero-order chi connectivity index (χ0) is 28.6. The number of Topliss-reactive ketones (excluding diaryl/α,β-unsaturated/α-hetero) is 1. The number of nitrogens with zero attached hydrogens (tertiary/aromatic N) is 3. The van der Waals surface area contributed by atoms with Crippen molar-refractivity contribution < 1.29 is 32.3 Å². The highest BCUT2D eigenvalue weighted by atomic mass is 19.4. The molecule has 0 aliphatic heterocycles. The van der Waals surface area contributed by atoms with E-state index in [0.29, 0.717) is 24.0 Å². The van der Waals surface area contributed by atoms with Crippen molar-refractivity contribution in [3.63, 3.8) is 0 Å². The molecule has 12 heteroatoms. The lowest BCUT2D eigenvalue weighted by Crippen LogP contribution is -2.30. The molecule has 1 aliphatic rings. The number of hydrogen-bond donors (Lipinski definition) is 2. The van der Waals surface area contributed by atoms with Crippen molar-refractivity contribution in [2.45, 2.75) is 45.6 Å². The summed E-state index contributed by atoms with van der Waals surface area (Å²) in [5, 5.41) is 9.77. The SMILES string of the molecule is CC(=O)c1ccc2c(c1C)CC[C@@H]2NC(=O)c1cc(C(=O)NCc2cccc(OC(F)(F)F)c2)nc2ccnn12. The fraction of sp³-hybridized carbons (Fsp3) is 0.250. The predicted molar refractivity (Wildman–Crippen MR) is 137 cm³/mol. The number of aromatic nitrogens is 3. The van der Waals surface area contributed by atoms with Crippen molar-refractivity contribution in [1.29, 1.82) is 0 Å². The first kappa shape index (κ1) is 26.9. The van der Waals surface area contributed by atoms with Crippen LogP contribution in [0.3, 0.4) is 0 Å². The topological polar surface area (TPSA) is 115 Å². The minimum atomic E-state index is -4.83. The largest absolute Gasteiger partial charge is 0.573 e. The molecule has 1 atom stereocenters. The van der Waals surface area contributed by atoms with Gasteiger partial charge in [-0.25, -0.2) is 9.50 Å². The minimum absolute atomic E-state index is 0.0150. The van der Waals surface area contributed by atoms with Gasteiger partial charge < -0.3 is 15.4 Å². The summed E-state index contributed by atoms with van der Waals surface area (Å²) >= 11 is 0. The molecule has 0 fully saturated rings. The average molecular weight is 552 g/mol. The fourth-order valence-electron chi connectivity index (χ4n) is 4.96. The third-order valence-electron chi connectivity index (χ3n) is 6.79. The summed E-state index contributed by atoms with van der Waals surface area (Å²) < 4.78 is 42.8. The van der Waals surface area contributed by atoms with Crippen molar-refractivity contribution >= 4 is 23.2 Å². The molecule has 2 N–H and O–H groups in total. The van der Waals surface area contributed by atoms with Crippen molar-refractivity contribution in [2.75, 3.05) is 0 Å². The van der Waals surface area contributed by atoms with E-state index in [4.69, 9.17) is 0 Å². The summed E-state index contributed by atoms with van der Waals surface area (Å²) in [4.78, 5) is 42.5. The van der Waals surface area contributed by atoms with Gasteiger partial charge in [0.1, 0.15) is 17.1 Å². The van der Waals surface area contributed by atoms with E-state index < -0.39 is 23.9 Å².